The van der Waals surface area contributed by atoms with Gasteiger partial charge < -0.3 is 19.4 Å². The average molecular weight is 698 g/mol. The molecule has 1 aromatic heterocycles. The Morgan fingerprint density at radius 2 is 1.60 bits per heavy atom. The SMILES string of the molecule is CN1C=CN(c2[c-]c3c(cc2)N(c2ccccc2)c2ccccc2B3c2[c-]c(Oc3ccccn3)ccc2)[CH-]1.[Pt]. The van der Waals surface area contributed by atoms with Crippen molar-refractivity contribution in [3.8, 4) is 11.6 Å². The maximum atomic E-state index is 6.08. The van der Waals surface area contributed by atoms with Crippen LogP contribution in [0.3, 0.4) is 0 Å². The fraction of sp³-hybridized carbons (Fsp3) is 0.0303. The minimum Gasteiger partial charge on any atom is -0.510 e. The number of rotatable bonds is 5. The maximum absolute atomic E-state index is 6.08. The van der Waals surface area contributed by atoms with Gasteiger partial charge in [0.1, 0.15) is 0 Å². The molecule has 40 heavy (non-hydrogen) atoms. The van der Waals surface area contributed by atoms with Gasteiger partial charge in [-0.2, -0.15) is 35.8 Å². The van der Waals surface area contributed by atoms with E-state index in [-0.39, 0.29) is 27.8 Å². The van der Waals surface area contributed by atoms with E-state index in [9.17, 15) is 0 Å². The van der Waals surface area contributed by atoms with Crippen molar-refractivity contribution in [1.82, 2.24) is 9.88 Å². The molecule has 0 N–H and O–H groups in total. The number of fused-ring (bicyclic) bond motifs is 2. The van der Waals surface area contributed by atoms with E-state index in [1.165, 1.54) is 5.46 Å². The first-order chi connectivity index (χ1) is 19.2. The molecule has 0 radical (unpaired) electrons. The van der Waals surface area contributed by atoms with Crippen molar-refractivity contribution in [2.24, 2.45) is 0 Å². The molecule has 0 unspecified atom stereocenters. The fourth-order valence-corrected chi connectivity index (χ4v) is 5.26. The van der Waals surface area contributed by atoms with Gasteiger partial charge in [0.05, 0.1) is 0 Å². The molecule has 0 bridgehead atoms. The number of benzene rings is 4. The number of aromatic nitrogens is 1. The van der Waals surface area contributed by atoms with Crippen LogP contribution in [0.15, 0.2) is 122 Å². The number of pyridine rings is 1. The normalized spacial score (nSPS) is 13.5. The molecule has 0 amide bonds. The summed E-state index contributed by atoms with van der Waals surface area (Å²) in [5.74, 6) is 1.17. The first kappa shape index (κ1) is 26.0. The van der Waals surface area contributed by atoms with E-state index in [0.717, 1.165) is 33.7 Å². The summed E-state index contributed by atoms with van der Waals surface area (Å²) in [4.78, 5) is 10.8. The molecule has 0 spiro atoms. The van der Waals surface area contributed by atoms with E-state index in [1.807, 2.05) is 67.4 Å². The molecule has 2 aliphatic heterocycles. The largest absolute Gasteiger partial charge is 0.510 e. The Labute approximate surface area is 249 Å². The molecule has 4 aromatic carbocycles. The topological polar surface area (TPSA) is 31.8 Å². The van der Waals surface area contributed by atoms with Gasteiger partial charge >= 0.3 is 0 Å². The summed E-state index contributed by atoms with van der Waals surface area (Å²) >= 11 is 0. The van der Waals surface area contributed by atoms with E-state index in [1.54, 1.807) is 6.20 Å². The zero-order valence-corrected chi connectivity index (χ0v) is 24.0. The minimum absolute atomic E-state index is 0. The number of hydrogen-bond acceptors (Lipinski definition) is 5. The van der Waals surface area contributed by atoms with Gasteiger partial charge in [-0.25, -0.2) is 4.98 Å². The Morgan fingerprint density at radius 1 is 0.775 bits per heavy atom. The molecule has 0 fully saturated rings. The summed E-state index contributed by atoms with van der Waals surface area (Å²) in [7, 11) is 2.02. The Hall–Kier alpha value is -4.28. The predicted octanol–water partition coefficient (Wildman–Crippen LogP) is 5.11. The van der Waals surface area contributed by atoms with E-state index >= 15 is 0 Å². The van der Waals surface area contributed by atoms with Gasteiger partial charge in [0, 0.05) is 50.5 Å². The van der Waals surface area contributed by atoms with E-state index in [2.05, 4.69) is 93.6 Å². The van der Waals surface area contributed by atoms with Crippen LogP contribution in [-0.2, 0) is 21.1 Å². The minimum atomic E-state index is -0.0901. The average Bonchev–Trinajstić information content (AvgIpc) is 3.43. The van der Waals surface area contributed by atoms with Crippen LogP contribution in [0.25, 0.3) is 0 Å². The molecule has 0 atom stereocenters. The van der Waals surface area contributed by atoms with Crippen molar-refractivity contribution >= 4 is 45.9 Å². The van der Waals surface area contributed by atoms with E-state index in [4.69, 9.17) is 4.74 Å². The molecule has 0 saturated heterocycles. The molecule has 7 heteroatoms. The smallest absolute Gasteiger partial charge is 0.216 e. The Balaban J connectivity index is 0.00000289. The molecular weight excluding hydrogens is 674 g/mol. The van der Waals surface area contributed by atoms with Crippen molar-refractivity contribution in [3.05, 3.63) is 141 Å². The van der Waals surface area contributed by atoms with Crippen LogP contribution >= 0.6 is 0 Å². The summed E-state index contributed by atoms with van der Waals surface area (Å²) in [6.07, 6.45) is 5.80. The molecule has 198 valence electrons. The molecule has 0 aliphatic carbocycles. The third-order valence-electron chi connectivity index (χ3n) is 6.97. The second-order valence-corrected chi connectivity index (χ2v) is 9.53. The number of para-hydroxylation sites is 2. The zero-order chi connectivity index (χ0) is 26.2. The standard InChI is InChI=1S/C33H24BN4O.Pt/c1-36-20-21-37(24-36)27-17-18-32-30(23-27)34(25-10-9-13-28(22-25)39-33-16-7-8-19-35-33)29-14-5-6-15-31(29)38(32)26-11-3-2-4-12-26;/h2-21,24H,1H3;/q-3;. The predicted molar refractivity (Wildman–Crippen MR) is 158 cm³/mol. The van der Waals surface area contributed by atoms with E-state index < -0.39 is 0 Å². The van der Waals surface area contributed by atoms with Gasteiger partial charge in [-0.3, -0.25) is 0 Å². The zero-order valence-electron chi connectivity index (χ0n) is 21.7. The molecule has 2 aliphatic rings. The molecule has 0 saturated carbocycles. The second-order valence-electron chi connectivity index (χ2n) is 9.53. The van der Waals surface area contributed by atoms with Crippen LogP contribution in [0, 0.1) is 18.8 Å². The molecule has 7 rings (SSSR count). The number of nitrogens with zero attached hydrogens (tertiary/aromatic N) is 4. The van der Waals surface area contributed by atoms with Gasteiger partial charge in [0.15, 0.2) is 6.71 Å². The van der Waals surface area contributed by atoms with Crippen molar-refractivity contribution in [3.63, 3.8) is 0 Å². The molecule has 3 heterocycles. The van der Waals surface area contributed by atoms with Crippen LogP contribution in [0.5, 0.6) is 11.6 Å². The van der Waals surface area contributed by atoms with Crippen LogP contribution in [0.1, 0.15) is 0 Å². The summed E-state index contributed by atoms with van der Waals surface area (Å²) in [6.45, 7) is 1.96. The van der Waals surface area contributed by atoms with Gasteiger partial charge in [-0.15, -0.1) is 30.0 Å². The third kappa shape index (κ3) is 4.80. The Kier molecular flexibility index (Phi) is 7.19. The Bertz CT molecular complexity index is 1660. The van der Waals surface area contributed by atoms with Crippen molar-refractivity contribution in [2.75, 3.05) is 16.8 Å². The van der Waals surface area contributed by atoms with Crippen LogP contribution in [-0.4, -0.2) is 23.6 Å². The maximum Gasteiger partial charge on any atom is 0.216 e. The summed E-state index contributed by atoms with van der Waals surface area (Å²) in [6, 6.07) is 42.4. The molecular formula is C33H24BN4OPt-3. The fourth-order valence-electron chi connectivity index (χ4n) is 5.26. The first-order valence-corrected chi connectivity index (χ1v) is 12.9. The number of ether oxygens (including phenoxy) is 1. The van der Waals surface area contributed by atoms with Gasteiger partial charge in [-0.05, 0) is 43.7 Å². The van der Waals surface area contributed by atoms with E-state index in [0.29, 0.717) is 11.6 Å². The second kappa shape index (κ2) is 11.1. The third-order valence-corrected chi connectivity index (χ3v) is 6.97. The van der Waals surface area contributed by atoms with Crippen LogP contribution < -0.4 is 30.9 Å². The van der Waals surface area contributed by atoms with Gasteiger partial charge in [-0.1, -0.05) is 53.6 Å². The van der Waals surface area contributed by atoms with Gasteiger partial charge in [0.25, 0.3) is 0 Å². The summed E-state index contributed by atoms with van der Waals surface area (Å²) in [5, 5.41) is 0. The number of hydrogen-bond donors (Lipinski definition) is 0. The first-order valence-electron chi connectivity index (χ1n) is 12.9. The Morgan fingerprint density at radius 3 is 2.40 bits per heavy atom. The monoisotopic (exact) mass is 698 g/mol. The summed E-state index contributed by atoms with van der Waals surface area (Å²) < 4.78 is 6.08. The van der Waals surface area contributed by atoms with Crippen molar-refractivity contribution in [2.45, 2.75) is 0 Å². The number of anilines is 4. The van der Waals surface area contributed by atoms with Crippen molar-refractivity contribution < 1.29 is 25.8 Å². The summed E-state index contributed by atoms with van der Waals surface area (Å²) in [5.41, 5.74) is 7.59. The quantitative estimate of drug-likeness (QED) is 0.185. The van der Waals surface area contributed by atoms with Gasteiger partial charge in [0.2, 0.25) is 5.88 Å². The molecule has 5 nitrogen and oxygen atoms in total. The van der Waals surface area contributed by atoms with Crippen LogP contribution in [0.4, 0.5) is 22.7 Å². The molecule has 5 aromatic rings. The van der Waals surface area contributed by atoms with Crippen molar-refractivity contribution in [1.29, 1.82) is 0 Å². The van der Waals surface area contributed by atoms with Crippen LogP contribution in [0.2, 0.25) is 0 Å².